The van der Waals surface area contributed by atoms with Crippen molar-refractivity contribution in [2.45, 2.75) is 46.3 Å². The van der Waals surface area contributed by atoms with Crippen LogP contribution >= 0.6 is 0 Å². The van der Waals surface area contributed by atoms with Crippen molar-refractivity contribution in [2.75, 3.05) is 5.32 Å². The van der Waals surface area contributed by atoms with Crippen molar-refractivity contribution in [1.29, 1.82) is 0 Å². The quantitative estimate of drug-likeness (QED) is 0.792. The molecule has 0 fully saturated rings. The second kappa shape index (κ2) is 9.04. The number of rotatable bonds is 7. The Labute approximate surface area is 154 Å². The highest BCUT2D eigenvalue weighted by atomic mass is 16.5. The lowest BCUT2D eigenvalue weighted by molar-refractivity contribution is -0.122. The molecule has 2 aromatic carbocycles. The molecule has 0 aromatic heterocycles. The molecule has 2 amide bonds. The molecule has 0 saturated heterocycles. The molecule has 2 N–H and O–H groups in total. The van der Waals surface area contributed by atoms with E-state index < -0.39 is 6.10 Å². The zero-order chi connectivity index (χ0) is 19.1. The molecule has 0 aliphatic heterocycles. The van der Waals surface area contributed by atoms with Gasteiger partial charge >= 0.3 is 0 Å². The van der Waals surface area contributed by atoms with Crippen LogP contribution in [0.3, 0.4) is 0 Å². The van der Waals surface area contributed by atoms with Gasteiger partial charge in [0.2, 0.25) is 0 Å². The van der Waals surface area contributed by atoms with E-state index in [2.05, 4.69) is 10.6 Å². The van der Waals surface area contributed by atoms with E-state index >= 15 is 0 Å². The Morgan fingerprint density at radius 1 is 1.08 bits per heavy atom. The Hall–Kier alpha value is -2.82. The van der Waals surface area contributed by atoms with Gasteiger partial charge in [-0.15, -0.1) is 0 Å². The molecule has 138 valence electrons. The molecular formula is C21H26N2O3. The first kappa shape index (κ1) is 19.5. The highest BCUT2D eigenvalue weighted by Gasteiger charge is 2.21. The molecule has 0 bridgehead atoms. The SMILES string of the molecule is CCC(Oc1cccc(C)c1)C(=O)Nc1ccccc1C(=O)NC(C)C. The molecule has 0 spiro atoms. The van der Waals surface area contributed by atoms with Gasteiger partial charge in [-0.1, -0.05) is 31.2 Å². The maximum absolute atomic E-state index is 12.7. The number of hydrogen-bond donors (Lipinski definition) is 2. The van der Waals surface area contributed by atoms with E-state index in [4.69, 9.17) is 4.74 Å². The summed E-state index contributed by atoms with van der Waals surface area (Å²) in [6.45, 7) is 7.64. The van der Waals surface area contributed by atoms with Gasteiger partial charge in [0.05, 0.1) is 11.3 Å². The Morgan fingerprint density at radius 2 is 1.81 bits per heavy atom. The van der Waals surface area contributed by atoms with E-state index in [9.17, 15) is 9.59 Å². The number of para-hydroxylation sites is 1. The summed E-state index contributed by atoms with van der Waals surface area (Å²) in [5.74, 6) is 0.153. The van der Waals surface area contributed by atoms with Gasteiger partial charge in [-0.25, -0.2) is 0 Å². The van der Waals surface area contributed by atoms with E-state index in [1.54, 1.807) is 24.3 Å². The first-order chi connectivity index (χ1) is 12.4. The third kappa shape index (κ3) is 5.34. The van der Waals surface area contributed by atoms with Crippen molar-refractivity contribution in [2.24, 2.45) is 0 Å². The number of ether oxygens (including phenoxy) is 1. The van der Waals surface area contributed by atoms with E-state index in [0.29, 0.717) is 23.4 Å². The lowest BCUT2D eigenvalue weighted by atomic mass is 10.1. The van der Waals surface area contributed by atoms with Crippen molar-refractivity contribution < 1.29 is 14.3 Å². The van der Waals surface area contributed by atoms with E-state index in [1.807, 2.05) is 52.0 Å². The van der Waals surface area contributed by atoms with Gasteiger partial charge < -0.3 is 15.4 Å². The number of carbonyl (C=O) groups is 2. The highest BCUT2D eigenvalue weighted by Crippen LogP contribution is 2.19. The Kier molecular flexibility index (Phi) is 6.78. The number of nitrogens with one attached hydrogen (secondary N) is 2. The second-order valence-corrected chi connectivity index (χ2v) is 6.49. The van der Waals surface area contributed by atoms with Crippen LogP contribution in [-0.2, 0) is 4.79 Å². The van der Waals surface area contributed by atoms with Crippen LogP contribution in [0.4, 0.5) is 5.69 Å². The minimum atomic E-state index is -0.641. The van der Waals surface area contributed by atoms with E-state index in [-0.39, 0.29) is 17.9 Å². The summed E-state index contributed by atoms with van der Waals surface area (Å²) in [7, 11) is 0. The van der Waals surface area contributed by atoms with Crippen LogP contribution in [0.2, 0.25) is 0 Å². The van der Waals surface area contributed by atoms with Crippen molar-refractivity contribution in [3.63, 3.8) is 0 Å². The summed E-state index contributed by atoms with van der Waals surface area (Å²) in [5.41, 5.74) is 1.97. The van der Waals surface area contributed by atoms with Gasteiger partial charge in [-0.05, 0) is 57.0 Å². The van der Waals surface area contributed by atoms with Crippen molar-refractivity contribution in [1.82, 2.24) is 5.32 Å². The molecule has 2 aromatic rings. The zero-order valence-corrected chi connectivity index (χ0v) is 15.7. The summed E-state index contributed by atoms with van der Waals surface area (Å²) in [6, 6.07) is 14.5. The number of benzene rings is 2. The molecule has 0 radical (unpaired) electrons. The fraction of sp³-hybridized carbons (Fsp3) is 0.333. The molecule has 1 unspecified atom stereocenters. The molecular weight excluding hydrogens is 328 g/mol. The summed E-state index contributed by atoms with van der Waals surface area (Å²) < 4.78 is 5.83. The Balaban J connectivity index is 2.14. The van der Waals surface area contributed by atoms with Crippen molar-refractivity contribution in [3.05, 3.63) is 59.7 Å². The summed E-state index contributed by atoms with van der Waals surface area (Å²) in [4.78, 5) is 25.0. The third-order valence-corrected chi connectivity index (χ3v) is 3.78. The summed E-state index contributed by atoms with van der Waals surface area (Å²) in [5, 5.41) is 5.67. The van der Waals surface area contributed by atoms with Crippen LogP contribution in [0.25, 0.3) is 0 Å². The first-order valence-electron chi connectivity index (χ1n) is 8.84. The fourth-order valence-corrected chi connectivity index (χ4v) is 2.52. The molecule has 5 nitrogen and oxygen atoms in total. The number of anilines is 1. The minimum Gasteiger partial charge on any atom is -0.481 e. The Morgan fingerprint density at radius 3 is 2.46 bits per heavy atom. The van der Waals surface area contributed by atoms with Crippen molar-refractivity contribution in [3.8, 4) is 5.75 Å². The zero-order valence-electron chi connectivity index (χ0n) is 15.7. The average molecular weight is 354 g/mol. The van der Waals surface area contributed by atoms with Crippen LogP contribution < -0.4 is 15.4 Å². The molecule has 1 atom stereocenters. The topological polar surface area (TPSA) is 67.4 Å². The lowest BCUT2D eigenvalue weighted by Gasteiger charge is -2.19. The molecule has 26 heavy (non-hydrogen) atoms. The molecule has 0 saturated carbocycles. The van der Waals surface area contributed by atoms with Gasteiger partial charge in [-0.2, -0.15) is 0 Å². The summed E-state index contributed by atoms with van der Waals surface area (Å²) >= 11 is 0. The maximum Gasteiger partial charge on any atom is 0.265 e. The van der Waals surface area contributed by atoms with Gasteiger partial charge in [0.15, 0.2) is 6.10 Å². The average Bonchev–Trinajstić information content (AvgIpc) is 2.59. The van der Waals surface area contributed by atoms with Gasteiger partial charge in [0, 0.05) is 6.04 Å². The predicted octanol–water partition coefficient (Wildman–Crippen LogP) is 3.93. The lowest BCUT2D eigenvalue weighted by Crippen LogP contribution is -2.34. The van der Waals surface area contributed by atoms with Crippen LogP contribution in [0.15, 0.2) is 48.5 Å². The van der Waals surface area contributed by atoms with Crippen LogP contribution in [-0.4, -0.2) is 24.0 Å². The van der Waals surface area contributed by atoms with Gasteiger partial charge in [-0.3, -0.25) is 9.59 Å². The number of aryl methyl sites for hydroxylation is 1. The Bertz CT molecular complexity index is 771. The van der Waals surface area contributed by atoms with Crippen LogP contribution in [0.5, 0.6) is 5.75 Å². The first-order valence-corrected chi connectivity index (χ1v) is 8.84. The number of amides is 2. The number of hydrogen-bond acceptors (Lipinski definition) is 3. The monoisotopic (exact) mass is 354 g/mol. The molecule has 0 aliphatic carbocycles. The second-order valence-electron chi connectivity index (χ2n) is 6.49. The van der Waals surface area contributed by atoms with Gasteiger partial charge in [0.1, 0.15) is 5.75 Å². The van der Waals surface area contributed by atoms with E-state index in [1.165, 1.54) is 0 Å². The molecule has 0 heterocycles. The van der Waals surface area contributed by atoms with Crippen LogP contribution in [0, 0.1) is 6.92 Å². The minimum absolute atomic E-state index is 0.0132. The fourth-order valence-electron chi connectivity index (χ4n) is 2.52. The summed E-state index contributed by atoms with van der Waals surface area (Å²) in [6.07, 6.45) is -0.127. The third-order valence-electron chi connectivity index (χ3n) is 3.78. The highest BCUT2D eigenvalue weighted by molar-refractivity contribution is 6.04. The van der Waals surface area contributed by atoms with Crippen LogP contribution in [0.1, 0.15) is 43.1 Å². The van der Waals surface area contributed by atoms with Gasteiger partial charge in [0.25, 0.3) is 11.8 Å². The maximum atomic E-state index is 12.7. The largest absolute Gasteiger partial charge is 0.481 e. The van der Waals surface area contributed by atoms with Crippen molar-refractivity contribution >= 4 is 17.5 Å². The smallest absolute Gasteiger partial charge is 0.265 e. The molecule has 5 heteroatoms. The molecule has 2 rings (SSSR count). The molecule has 0 aliphatic rings. The number of carbonyl (C=O) groups excluding carboxylic acids is 2. The van der Waals surface area contributed by atoms with E-state index in [0.717, 1.165) is 5.56 Å². The standard InChI is InChI=1S/C21H26N2O3/c1-5-19(26-16-10-8-9-15(4)13-16)21(25)23-18-12-7-6-11-17(18)20(24)22-14(2)3/h6-14,19H,5H2,1-4H3,(H,22,24)(H,23,25). The predicted molar refractivity (Wildman–Crippen MR) is 104 cm³/mol. The normalized spacial score (nSPS) is 11.7.